The topological polar surface area (TPSA) is 12.4 Å². The molecular formula is C10H15N. The van der Waals surface area contributed by atoms with Crippen LogP contribution in [0.1, 0.15) is 13.8 Å². The molecule has 0 atom stereocenters. The molecule has 0 spiro atoms. The first-order valence-corrected chi connectivity index (χ1v) is 3.68. The Hall–Kier alpha value is -1.11. The van der Waals surface area contributed by atoms with E-state index in [-0.39, 0.29) is 0 Å². The Morgan fingerprint density at radius 3 is 2.45 bits per heavy atom. The lowest BCUT2D eigenvalue weighted by atomic mass is 10.2. The summed E-state index contributed by atoms with van der Waals surface area (Å²) in [5, 5.41) is 0. The van der Waals surface area contributed by atoms with E-state index in [4.69, 9.17) is 0 Å². The Labute approximate surface area is 68.9 Å². The van der Waals surface area contributed by atoms with Crippen molar-refractivity contribution < 1.29 is 0 Å². The molecule has 0 aliphatic carbocycles. The van der Waals surface area contributed by atoms with Crippen molar-refractivity contribution in [3.8, 4) is 0 Å². The van der Waals surface area contributed by atoms with E-state index in [1.165, 1.54) is 0 Å². The smallest absolute Gasteiger partial charge is 0.0619 e. The largest absolute Gasteiger partial charge is 0.265 e. The van der Waals surface area contributed by atoms with Crippen LogP contribution in [0.2, 0.25) is 0 Å². The lowest BCUT2D eigenvalue weighted by Gasteiger charge is -1.93. The molecule has 0 unspecified atom stereocenters. The van der Waals surface area contributed by atoms with Crippen LogP contribution >= 0.6 is 0 Å². The molecule has 0 rings (SSSR count). The molecule has 0 aliphatic heterocycles. The van der Waals surface area contributed by atoms with Crippen molar-refractivity contribution in [3.05, 3.63) is 36.6 Å². The third kappa shape index (κ3) is 5.34. The molecule has 11 heavy (non-hydrogen) atoms. The fraction of sp³-hybridized carbons (Fsp3) is 0.300. The number of rotatable bonds is 4. The van der Waals surface area contributed by atoms with Gasteiger partial charge in [0.2, 0.25) is 0 Å². The van der Waals surface area contributed by atoms with Gasteiger partial charge in [0.25, 0.3) is 0 Å². The van der Waals surface area contributed by atoms with Crippen molar-refractivity contribution in [2.45, 2.75) is 13.8 Å². The standard InChI is InChI=1S/C10H15N/c1-5-6-10(11-4)8-7-9(2)3/h5-9H,1,4H2,2-3H3/b8-7+,10-6-. The van der Waals surface area contributed by atoms with Gasteiger partial charge in [0.15, 0.2) is 0 Å². The molecular weight excluding hydrogens is 134 g/mol. The highest BCUT2D eigenvalue weighted by molar-refractivity contribution is 5.34. The first-order valence-electron chi connectivity index (χ1n) is 3.68. The van der Waals surface area contributed by atoms with E-state index < -0.39 is 0 Å². The van der Waals surface area contributed by atoms with Gasteiger partial charge in [-0.05, 0) is 24.8 Å². The Kier molecular flexibility index (Phi) is 5.09. The van der Waals surface area contributed by atoms with Crippen molar-refractivity contribution in [3.63, 3.8) is 0 Å². The summed E-state index contributed by atoms with van der Waals surface area (Å²) in [6.07, 6.45) is 7.55. The number of aliphatic imine (C=N–C) groups is 1. The number of allylic oxidation sites excluding steroid dienone is 4. The second-order valence-electron chi connectivity index (χ2n) is 2.59. The Bertz CT molecular complexity index is 185. The Morgan fingerprint density at radius 1 is 1.45 bits per heavy atom. The van der Waals surface area contributed by atoms with Crippen molar-refractivity contribution in [1.82, 2.24) is 0 Å². The van der Waals surface area contributed by atoms with Gasteiger partial charge in [-0.1, -0.05) is 32.6 Å². The summed E-state index contributed by atoms with van der Waals surface area (Å²) in [5.41, 5.74) is 0.855. The van der Waals surface area contributed by atoms with Crippen LogP contribution < -0.4 is 0 Å². The van der Waals surface area contributed by atoms with E-state index in [9.17, 15) is 0 Å². The summed E-state index contributed by atoms with van der Waals surface area (Å²) in [5.74, 6) is 0.546. The van der Waals surface area contributed by atoms with Crippen LogP contribution in [0.25, 0.3) is 0 Å². The number of hydrogen-bond donors (Lipinski definition) is 0. The maximum Gasteiger partial charge on any atom is 0.0619 e. The maximum absolute atomic E-state index is 3.80. The van der Waals surface area contributed by atoms with E-state index in [0.29, 0.717) is 5.92 Å². The van der Waals surface area contributed by atoms with Crippen LogP contribution in [0.5, 0.6) is 0 Å². The minimum absolute atomic E-state index is 0.546. The minimum Gasteiger partial charge on any atom is -0.265 e. The molecule has 0 amide bonds. The monoisotopic (exact) mass is 149 g/mol. The highest BCUT2D eigenvalue weighted by Crippen LogP contribution is 2.01. The van der Waals surface area contributed by atoms with Crippen molar-refractivity contribution in [2.75, 3.05) is 0 Å². The molecule has 1 nitrogen and oxygen atoms in total. The lowest BCUT2D eigenvalue weighted by Crippen LogP contribution is -1.78. The predicted octanol–water partition coefficient (Wildman–Crippen LogP) is 2.97. The summed E-state index contributed by atoms with van der Waals surface area (Å²) in [6, 6.07) is 0. The maximum atomic E-state index is 3.80. The minimum atomic E-state index is 0.546. The molecule has 0 aromatic heterocycles. The molecule has 0 heterocycles. The van der Waals surface area contributed by atoms with E-state index in [0.717, 1.165) is 5.70 Å². The fourth-order valence-corrected chi connectivity index (χ4v) is 0.573. The zero-order valence-electron chi connectivity index (χ0n) is 7.25. The van der Waals surface area contributed by atoms with Crippen LogP contribution in [0.4, 0.5) is 0 Å². The number of hydrogen-bond acceptors (Lipinski definition) is 1. The Morgan fingerprint density at radius 2 is 2.09 bits per heavy atom. The average molecular weight is 149 g/mol. The fourth-order valence-electron chi connectivity index (χ4n) is 0.573. The van der Waals surface area contributed by atoms with Crippen molar-refractivity contribution in [2.24, 2.45) is 10.9 Å². The lowest BCUT2D eigenvalue weighted by molar-refractivity contribution is 0.830. The van der Waals surface area contributed by atoms with E-state index in [1.807, 2.05) is 12.2 Å². The third-order valence-corrected chi connectivity index (χ3v) is 1.12. The van der Waals surface area contributed by atoms with Crippen LogP contribution in [-0.4, -0.2) is 6.72 Å². The summed E-state index contributed by atoms with van der Waals surface area (Å²) in [4.78, 5) is 3.80. The summed E-state index contributed by atoms with van der Waals surface area (Å²) < 4.78 is 0. The zero-order valence-corrected chi connectivity index (χ0v) is 7.25. The van der Waals surface area contributed by atoms with Crippen LogP contribution in [0.15, 0.2) is 41.6 Å². The molecule has 0 aliphatic rings. The highest BCUT2D eigenvalue weighted by Gasteiger charge is 1.85. The summed E-state index contributed by atoms with van der Waals surface area (Å²) >= 11 is 0. The molecule has 0 saturated carbocycles. The number of nitrogens with zero attached hydrogens (tertiary/aromatic N) is 1. The van der Waals surface area contributed by atoms with Gasteiger partial charge in [0.1, 0.15) is 0 Å². The van der Waals surface area contributed by atoms with Gasteiger partial charge in [-0.25, -0.2) is 0 Å². The SMILES string of the molecule is C=C/C=C(/C=C/C(C)C)N=C. The zero-order chi connectivity index (χ0) is 8.69. The molecule has 0 fully saturated rings. The van der Waals surface area contributed by atoms with Gasteiger partial charge in [-0.15, -0.1) is 0 Å². The highest BCUT2D eigenvalue weighted by atomic mass is 14.7. The molecule has 0 bridgehead atoms. The third-order valence-electron chi connectivity index (χ3n) is 1.12. The van der Waals surface area contributed by atoms with Gasteiger partial charge in [0.05, 0.1) is 5.70 Å². The van der Waals surface area contributed by atoms with Gasteiger partial charge in [-0.3, -0.25) is 4.99 Å². The van der Waals surface area contributed by atoms with E-state index in [1.54, 1.807) is 6.08 Å². The predicted molar refractivity (Wildman–Crippen MR) is 51.8 cm³/mol. The van der Waals surface area contributed by atoms with Crippen molar-refractivity contribution in [1.29, 1.82) is 0 Å². The van der Waals surface area contributed by atoms with Crippen molar-refractivity contribution >= 4 is 6.72 Å². The Balaban J connectivity index is 4.18. The van der Waals surface area contributed by atoms with Gasteiger partial charge >= 0.3 is 0 Å². The normalized spacial score (nSPS) is 12.5. The molecule has 0 N–H and O–H groups in total. The van der Waals surface area contributed by atoms with Crippen LogP contribution in [0.3, 0.4) is 0 Å². The first kappa shape index (κ1) is 9.89. The van der Waals surface area contributed by atoms with Gasteiger partial charge in [0, 0.05) is 0 Å². The second-order valence-corrected chi connectivity index (χ2v) is 2.59. The molecule has 0 radical (unpaired) electrons. The van der Waals surface area contributed by atoms with Crippen LogP contribution in [-0.2, 0) is 0 Å². The van der Waals surface area contributed by atoms with Gasteiger partial charge in [-0.2, -0.15) is 0 Å². The quantitative estimate of drug-likeness (QED) is 0.430. The second kappa shape index (κ2) is 5.66. The van der Waals surface area contributed by atoms with E-state index >= 15 is 0 Å². The first-order chi connectivity index (χ1) is 5.20. The molecule has 0 aromatic rings. The van der Waals surface area contributed by atoms with Gasteiger partial charge < -0.3 is 0 Å². The molecule has 0 saturated heterocycles. The summed E-state index contributed by atoms with van der Waals surface area (Å²) in [7, 11) is 0. The molecule has 60 valence electrons. The van der Waals surface area contributed by atoms with E-state index in [2.05, 4.69) is 38.2 Å². The van der Waals surface area contributed by atoms with Crippen LogP contribution in [0, 0.1) is 5.92 Å². The molecule has 0 aromatic carbocycles. The summed E-state index contributed by atoms with van der Waals surface area (Å²) in [6.45, 7) is 11.3. The average Bonchev–Trinajstić information content (AvgIpc) is 1.97. The molecule has 1 heteroatoms.